The molecule has 20 heavy (non-hydrogen) atoms. The number of aromatic nitrogens is 3. The molecular formula is C13H11N3O3S. The van der Waals surface area contributed by atoms with E-state index in [0.717, 1.165) is 5.01 Å². The van der Waals surface area contributed by atoms with Crippen molar-refractivity contribution in [2.45, 2.75) is 13.0 Å². The van der Waals surface area contributed by atoms with Crippen molar-refractivity contribution in [3.05, 3.63) is 50.8 Å². The van der Waals surface area contributed by atoms with Crippen LogP contribution in [0.1, 0.15) is 15.4 Å². The lowest BCUT2D eigenvalue weighted by molar-refractivity contribution is 0.0697. The lowest BCUT2D eigenvalue weighted by atomic mass is 10.2. The number of carboxylic acids is 1. The van der Waals surface area contributed by atoms with Crippen molar-refractivity contribution >= 4 is 28.3 Å². The molecule has 102 valence electrons. The summed E-state index contributed by atoms with van der Waals surface area (Å²) < 4.78 is 1.60. The Hall–Kier alpha value is -2.41. The van der Waals surface area contributed by atoms with Crippen LogP contribution >= 0.6 is 11.3 Å². The van der Waals surface area contributed by atoms with E-state index in [1.807, 2.05) is 5.38 Å². The summed E-state index contributed by atoms with van der Waals surface area (Å²) in [4.78, 5) is 29.7. The van der Waals surface area contributed by atoms with Gasteiger partial charge in [-0.15, -0.1) is 11.3 Å². The molecule has 3 rings (SSSR count). The zero-order valence-corrected chi connectivity index (χ0v) is 11.2. The van der Waals surface area contributed by atoms with Crippen LogP contribution in [0.4, 0.5) is 0 Å². The molecule has 0 spiro atoms. The average Bonchev–Trinajstić information content (AvgIpc) is 3.02. The van der Waals surface area contributed by atoms with E-state index in [1.165, 1.54) is 12.1 Å². The van der Waals surface area contributed by atoms with E-state index in [4.69, 9.17) is 5.11 Å². The molecule has 3 aromatic rings. The van der Waals surface area contributed by atoms with Crippen molar-refractivity contribution in [2.24, 2.45) is 0 Å². The smallest absolute Gasteiger partial charge is 0.335 e. The highest BCUT2D eigenvalue weighted by Crippen LogP contribution is 2.14. The van der Waals surface area contributed by atoms with Gasteiger partial charge in [0.2, 0.25) is 0 Å². The van der Waals surface area contributed by atoms with Gasteiger partial charge in [-0.1, -0.05) is 0 Å². The number of nitrogens with zero attached hydrogens (tertiary/aromatic N) is 2. The van der Waals surface area contributed by atoms with Crippen molar-refractivity contribution in [1.29, 1.82) is 0 Å². The molecule has 0 fully saturated rings. The Morgan fingerprint density at radius 3 is 3.00 bits per heavy atom. The van der Waals surface area contributed by atoms with Gasteiger partial charge in [-0.3, -0.25) is 4.57 Å². The molecule has 7 heteroatoms. The number of nitrogens with one attached hydrogen (secondary N) is 1. The van der Waals surface area contributed by atoms with Crippen LogP contribution in [0.5, 0.6) is 0 Å². The largest absolute Gasteiger partial charge is 0.478 e. The maximum absolute atomic E-state index is 11.9. The summed E-state index contributed by atoms with van der Waals surface area (Å²) >= 11 is 1.55. The number of benzene rings is 1. The van der Waals surface area contributed by atoms with Gasteiger partial charge in [0.25, 0.3) is 0 Å². The number of thiazole rings is 1. The minimum absolute atomic E-state index is 0.158. The number of H-pyrrole nitrogens is 1. The van der Waals surface area contributed by atoms with Crippen LogP contribution in [0, 0.1) is 0 Å². The number of imidazole rings is 1. The van der Waals surface area contributed by atoms with Crippen LogP contribution < -0.4 is 5.69 Å². The first-order valence-corrected chi connectivity index (χ1v) is 6.87. The Morgan fingerprint density at radius 2 is 2.30 bits per heavy atom. The molecule has 2 heterocycles. The van der Waals surface area contributed by atoms with Crippen LogP contribution in [-0.4, -0.2) is 25.6 Å². The molecule has 2 N–H and O–H groups in total. The predicted molar refractivity (Wildman–Crippen MR) is 75.3 cm³/mol. The molecule has 0 atom stereocenters. The van der Waals surface area contributed by atoms with E-state index >= 15 is 0 Å². The molecule has 6 nitrogen and oxygen atoms in total. The van der Waals surface area contributed by atoms with E-state index in [9.17, 15) is 9.59 Å². The summed E-state index contributed by atoms with van der Waals surface area (Å²) in [6.07, 6.45) is 2.41. The lowest BCUT2D eigenvalue weighted by Gasteiger charge is -2.01. The fourth-order valence-electron chi connectivity index (χ4n) is 2.10. The third-order valence-electron chi connectivity index (χ3n) is 3.05. The van der Waals surface area contributed by atoms with Crippen LogP contribution in [0.25, 0.3) is 11.0 Å². The number of aromatic amines is 1. The van der Waals surface area contributed by atoms with Gasteiger partial charge in [-0.2, -0.15) is 0 Å². The number of carbonyl (C=O) groups is 1. The topological polar surface area (TPSA) is 88.0 Å². The monoisotopic (exact) mass is 289 g/mol. The zero-order chi connectivity index (χ0) is 14.1. The lowest BCUT2D eigenvalue weighted by Crippen LogP contribution is -2.17. The molecule has 0 amide bonds. The SMILES string of the molecule is O=C(O)c1ccc2c(c1)[nH]c(=O)n2CCc1nccs1. The molecule has 0 aliphatic rings. The van der Waals surface area contributed by atoms with E-state index in [-0.39, 0.29) is 11.3 Å². The highest BCUT2D eigenvalue weighted by molar-refractivity contribution is 7.09. The summed E-state index contributed by atoms with van der Waals surface area (Å²) in [5, 5.41) is 11.8. The van der Waals surface area contributed by atoms with Gasteiger partial charge in [0.15, 0.2) is 0 Å². The standard InChI is InChI=1S/C13H11N3O3S/c17-12(18)8-1-2-10-9(7-8)15-13(19)16(10)5-3-11-14-4-6-20-11/h1-2,4,6-7H,3,5H2,(H,15,19)(H,17,18). The molecule has 0 unspecified atom stereocenters. The van der Waals surface area contributed by atoms with Crippen LogP contribution in [-0.2, 0) is 13.0 Å². The number of fused-ring (bicyclic) bond motifs is 1. The first-order chi connectivity index (χ1) is 9.65. The predicted octanol–water partition coefficient (Wildman–Crippen LogP) is 1.73. The summed E-state index contributed by atoms with van der Waals surface area (Å²) in [6.45, 7) is 0.513. The number of carboxylic acid groups (broad SMARTS) is 1. The Kier molecular flexibility index (Phi) is 3.11. The zero-order valence-electron chi connectivity index (χ0n) is 10.4. The van der Waals surface area contributed by atoms with Gasteiger partial charge in [-0.05, 0) is 18.2 Å². The van der Waals surface area contributed by atoms with Crippen LogP contribution in [0.2, 0.25) is 0 Å². The second kappa shape index (κ2) is 4.93. The minimum Gasteiger partial charge on any atom is -0.478 e. The van der Waals surface area contributed by atoms with Crippen molar-refractivity contribution in [3.63, 3.8) is 0 Å². The third-order valence-corrected chi connectivity index (χ3v) is 3.89. The first kappa shape index (κ1) is 12.6. The van der Waals surface area contributed by atoms with Gasteiger partial charge in [0.1, 0.15) is 0 Å². The van der Waals surface area contributed by atoms with Crippen molar-refractivity contribution in [3.8, 4) is 0 Å². The van der Waals surface area contributed by atoms with E-state index in [2.05, 4.69) is 9.97 Å². The Balaban J connectivity index is 1.96. The Morgan fingerprint density at radius 1 is 1.45 bits per heavy atom. The molecule has 0 aliphatic heterocycles. The Labute approximate surface area is 117 Å². The van der Waals surface area contributed by atoms with E-state index in [0.29, 0.717) is 24.0 Å². The van der Waals surface area contributed by atoms with Crippen LogP contribution in [0.15, 0.2) is 34.6 Å². The van der Waals surface area contributed by atoms with Crippen molar-refractivity contribution < 1.29 is 9.90 Å². The first-order valence-electron chi connectivity index (χ1n) is 5.99. The molecule has 0 saturated heterocycles. The summed E-state index contributed by atoms with van der Waals surface area (Å²) in [6, 6.07) is 4.62. The fraction of sp³-hybridized carbons (Fsp3) is 0.154. The average molecular weight is 289 g/mol. The molecule has 2 aromatic heterocycles. The highest BCUT2D eigenvalue weighted by Gasteiger charge is 2.10. The second-order valence-corrected chi connectivity index (χ2v) is 5.27. The molecule has 1 aromatic carbocycles. The molecule has 0 bridgehead atoms. The van der Waals surface area contributed by atoms with Crippen molar-refractivity contribution in [2.75, 3.05) is 0 Å². The molecule has 0 aliphatic carbocycles. The number of hydrogen-bond acceptors (Lipinski definition) is 4. The molecule has 0 radical (unpaired) electrons. The molecule has 0 saturated carbocycles. The van der Waals surface area contributed by atoms with Gasteiger partial charge >= 0.3 is 11.7 Å². The van der Waals surface area contributed by atoms with Crippen LogP contribution in [0.3, 0.4) is 0 Å². The van der Waals surface area contributed by atoms with Crippen molar-refractivity contribution in [1.82, 2.24) is 14.5 Å². The van der Waals surface area contributed by atoms with E-state index < -0.39 is 5.97 Å². The summed E-state index contributed by atoms with van der Waals surface area (Å²) in [7, 11) is 0. The quantitative estimate of drug-likeness (QED) is 0.765. The fourth-order valence-corrected chi connectivity index (χ4v) is 2.71. The Bertz CT molecular complexity index is 817. The van der Waals surface area contributed by atoms with Gasteiger partial charge in [0.05, 0.1) is 21.6 Å². The normalized spacial score (nSPS) is 11.0. The number of aryl methyl sites for hydroxylation is 2. The summed E-state index contributed by atoms with van der Waals surface area (Å²) in [5.41, 5.74) is 1.16. The highest BCUT2D eigenvalue weighted by atomic mass is 32.1. The van der Waals surface area contributed by atoms with Gasteiger partial charge in [-0.25, -0.2) is 14.6 Å². The summed E-state index contributed by atoms with van der Waals surface area (Å²) in [5.74, 6) is -1.01. The number of hydrogen-bond donors (Lipinski definition) is 2. The minimum atomic E-state index is -1.01. The second-order valence-electron chi connectivity index (χ2n) is 4.29. The van der Waals surface area contributed by atoms with E-state index in [1.54, 1.807) is 28.2 Å². The van der Waals surface area contributed by atoms with Gasteiger partial charge < -0.3 is 10.1 Å². The third kappa shape index (κ3) is 2.23. The maximum atomic E-state index is 11.9. The number of rotatable bonds is 4. The number of aromatic carboxylic acids is 1. The molecular weight excluding hydrogens is 278 g/mol. The maximum Gasteiger partial charge on any atom is 0.335 e. The van der Waals surface area contributed by atoms with Gasteiger partial charge in [0, 0.05) is 24.5 Å².